The lowest BCUT2D eigenvalue weighted by atomic mass is 10.3. The van der Waals surface area contributed by atoms with Crippen molar-refractivity contribution in [2.24, 2.45) is 0 Å². The van der Waals surface area contributed by atoms with Crippen LogP contribution in [0, 0.1) is 0 Å². The maximum absolute atomic E-state index is 5.32. The van der Waals surface area contributed by atoms with Crippen molar-refractivity contribution in [3.05, 3.63) is 6.20 Å². The van der Waals surface area contributed by atoms with Gasteiger partial charge in [0.1, 0.15) is 0 Å². The van der Waals surface area contributed by atoms with E-state index in [1.54, 1.807) is 6.20 Å². The second-order valence-corrected chi connectivity index (χ2v) is 4.49. The number of nitrogens with zero attached hydrogens (tertiary/aromatic N) is 5. The molecule has 100 valence electrons. The van der Waals surface area contributed by atoms with E-state index in [1.807, 2.05) is 7.05 Å². The molecule has 0 radical (unpaired) electrons. The Morgan fingerprint density at radius 1 is 1.39 bits per heavy atom. The van der Waals surface area contributed by atoms with Gasteiger partial charge in [-0.1, -0.05) is 13.3 Å². The monoisotopic (exact) mass is 251 g/mol. The van der Waals surface area contributed by atoms with E-state index in [1.165, 1.54) is 6.42 Å². The minimum Gasteiger partial charge on any atom is -0.378 e. The topological polar surface area (TPSA) is 54.4 Å². The molecule has 0 N–H and O–H groups in total. The van der Waals surface area contributed by atoms with Crippen LogP contribution in [0.15, 0.2) is 6.20 Å². The molecule has 1 aliphatic heterocycles. The van der Waals surface area contributed by atoms with Gasteiger partial charge in [0.05, 0.1) is 19.4 Å². The zero-order valence-electron chi connectivity index (χ0n) is 11.2. The number of unbranched alkanes of at least 4 members (excludes halogenated alkanes) is 1. The fourth-order valence-corrected chi connectivity index (χ4v) is 1.88. The minimum atomic E-state index is 0.708. The molecule has 0 saturated carbocycles. The summed E-state index contributed by atoms with van der Waals surface area (Å²) in [6, 6.07) is 0. The summed E-state index contributed by atoms with van der Waals surface area (Å²) in [5, 5.41) is 8.16. The second-order valence-electron chi connectivity index (χ2n) is 4.49. The van der Waals surface area contributed by atoms with Gasteiger partial charge in [0.25, 0.3) is 0 Å². The molecular weight excluding hydrogens is 230 g/mol. The first-order valence-corrected chi connectivity index (χ1v) is 6.55. The molecule has 1 saturated heterocycles. The Labute approximate surface area is 108 Å². The van der Waals surface area contributed by atoms with Crippen molar-refractivity contribution >= 4 is 11.8 Å². The fraction of sp³-hybridized carbons (Fsp3) is 0.750. The number of aromatic nitrogens is 3. The average molecular weight is 251 g/mol. The molecule has 1 aromatic heterocycles. The van der Waals surface area contributed by atoms with Crippen molar-refractivity contribution in [3.63, 3.8) is 0 Å². The number of anilines is 2. The summed E-state index contributed by atoms with van der Waals surface area (Å²) in [6.07, 6.45) is 4.06. The van der Waals surface area contributed by atoms with Crippen LogP contribution in [0.5, 0.6) is 0 Å². The third-order valence-electron chi connectivity index (χ3n) is 3.07. The Kier molecular flexibility index (Phi) is 4.69. The van der Waals surface area contributed by atoms with Crippen LogP contribution in [0.4, 0.5) is 11.8 Å². The van der Waals surface area contributed by atoms with Gasteiger partial charge in [0.15, 0.2) is 5.82 Å². The van der Waals surface area contributed by atoms with Gasteiger partial charge in [0.2, 0.25) is 5.95 Å². The molecule has 6 heteroatoms. The van der Waals surface area contributed by atoms with Gasteiger partial charge in [-0.2, -0.15) is 10.1 Å². The third-order valence-corrected chi connectivity index (χ3v) is 3.07. The average Bonchev–Trinajstić information content (AvgIpc) is 2.46. The van der Waals surface area contributed by atoms with Crippen LogP contribution in [-0.4, -0.2) is 55.1 Å². The van der Waals surface area contributed by atoms with Crippen LogP contribution < -0.4 is 9.80 Å². The molecule has 1 aliphatic rings. The van der Waals surface area contributed by atoms with E-state index in [0.717, 1.165) is 45.1 Å². The number of ether oxygens (including phenoxy) is 1. The molecule has 0 aromatic carbocycles. The lowest BCUT2D eigenvalue weighted by molar-refractivity contribution is 0.122. The predicted molar refractivity (Wildman–Crippen MR) is 71.0 cm³/mol. The molecule has 0 amide bonds. The summed E-state index contributed by atoms with van der Waals surface area (Å²) >= 11 is 0. The smallest absolute Gasteiger partial charge is 0.247 e. The summed E-state index contributed by atoms with van der Waals surface area (Å²) in [5.41, 5.74) is 0. The largest absolute Gasteiger partial charge is 0.378 e. The maximum atomic E-state index is 5.32. The Hall–Kier alpha value is -1.43. The summed E-state index contributed by atoms with van der Waals surface area (Å²) in [6.45, 7) is 6.33. The number of hydrogen-bond acceptors (Lipinski definition) is 6. The lowest BCUT2D eigenvalue weighted by Gasteiger charge is -2.27. The summed E-state index contributed by atoms with van der Waals surface area (Å²) in [4.78, 5) is 8.82. The first-order chi connectivity index (χ1) is 8.81. The van der Waals surface area contributed by atoms with Crippen LogP contribution in [0.1, 0.15) is 19.8 Å². The van der Waals surface area contributed by atoms with E-state index in [2.05, 4.69) is 31.9 Å². The van der Waals surface area contributed by atoms with Crippen LogP contribution in [0.2, 0.25) is 0 Å². The van der Waals surface area contributed by atoms with E-state index in [4.69, 9.17) is 4.74 Å². The molecular formula is C12H21N5O. The summed E-state index contributed by atoms with van der Waals surface area (Å²) < 4.78 is 5.32. The second kappa shape index (κ2) is 6.49. The molecule has 0 bridgehead atoms. The zero-order valence-corrected chi connectivity index (χ0v) is 11.2. The molecule has 2 heterocycles. The van der Waals surface area contributed by atoms with Gasteiger partial charge in [-0.15, -0.1) is 5.10 Å². The van der Waals surface area contributed by atoms with Gasteiger partial charge in [0, 0.05) is 26.7 Å². The van der Waals surface area contributed by atoms with Crippen LogP contribution in [-0.2, 0) is 4.74 Å². The molecule has 2 rings (SSSR count). The summed E-state index contributed by atoms with van der Waals surface area (Å²) in [7, 11) is 2.04. The molecule has 6 nitrogen and oxygen atoms in total. The van der Waals surface area contributed by atoms with Crippen molar-refractivity contribution in [1.82, 2.24) is 15.2 Å². The van der Waals surface area contributed by atoms with Crippen molar-refractivity contribution in [2.75, 3.05) is 49.7 Å². The molecule has 18 heavy (non-hydrogen) atoms. The number of rotatable bonds is 5. The predicted octanol–water partition coefficient (Wildman–Crippen LogP) is 0.944. The van der Waals surface area contributed by atoms with Crippen LogP contribution >= 0.6 is 0 Å². The lowest BCUT2D eigenvalue weighted by Crippen LogP contribution is -2.37. The van der Waals surface area contributed by atoms with Gasteiger partial charge in [-0.3, -0.25) is 0 Å². The Balaban J connectivity index is 2.04. The molecule has 1 fully saturated rings. The number of hydrogen-bond donors (Lipinski definition) is 0. The zero-order chi connectivity index (χ0) is 12.8. The highest BCUT2D eigenvalue weighted by molar-refractivity contribution is 5.40. The van der Waals surface area contributed by atoms with Crippen molar-refractivity contribution in [3.8, 4) is 0 Å². The van der Waals surface area contributed by atoms with Crippen LogP contribution in [0.25, 0.3) is 0 Å². The highest BCUT2D eigenvalue weighted by atomic mass is 16.5. The van der Waals surface area contributed by atoms with E-state index >= 15 is 0 Å². The van der Waals surface area contributed by atoms with Crippen LogP contribution in [0.3, 0.4) is 0 Å². The molecule has 0 unspecified atom stereocenters. The van der Waals surface area contributed by atoms with Gasteiger partial charge in [-0.25, -0.2) is 0 Å². The molecule has 0 spiro atoms. The van der Waals surface area contributed by atoms with Gasteiger partial charge >= 0.3 is 0 Å². The molecule has 1 aromatic rings. The molecule has 0 atom stereocenters. The van der Waals surface area contributed by atoms with E-state index in [-0.39, 0.29) is 0 Å². The first kappa shape index (κ1) is 13.0. The maximum Gasteiger partial charge on any atom is 0.247 e. The first-order valence-electron chi connectivity index (χ1n) is 6.55. The fourth-order valence-electron chi connectivity index (χ4n) is 1.88. The quantitative estimate of drug-likeness (QED) is 0.776. The standard InChI is InChI=1S/C12H21N5O/c1-3-4-5-16(2)11-10-13-15-12(14-11)17-6-8-18-9-7-17/h10H,3-9H2,1-2H3. The Morgan fingerprint density at radius 3 is 2.89 bits per heavy atom. The third kappa shape index (κ3) is 3.29. The van der Waals surface area contributed by atoms with Crippen molar-refractivity contribution in [1.29, 1.82) is 0 Å². The Morgan fingerprint density at radius 2 is 2.17 bits per heavy atom. The number of morpholine rings is 1. The Bertz CT molecular complexity index is 367. The highest BCUT2D eigenvalue weighted by Crippen LogP contribution is 2.13. The van der Waals surface area contributed by atoms with Gasteiger partial charge in [-0.05, 0) is 6.42 Å². The molecule has 0 aliphatic carbocycles. The van der Waals surface area contributed by atoms with E-state index < -0.39 is 0 Å². The van der Waals surface area contributed by atoms with Crippen molar-refractivity contribution < 1.29 is 4.74 Å². The van der Waals surface area contributed by atoms with Crippen molar-refractivity contribution in [2.45, 2.75) is 19.8 Å². The highest BCUT2D eigenvalue weighted by Gasteiger charge is 2.15. The minimum absolute atomic E-state index is 0.708. The SMILES string of the molecule is CCCCN(C)c1cnnc(N2CCOCC2)n1. The van der Waals surface area contributed by atoms with E-state index in [9.17, 15) is 0 Å². The van der Waals surface area contributed by atoms with Gasteiger partial charge < -0.3 is 14.5 Å². The van der Waals surface area contributed by atoms with E-state index in [0.29, 0.717) is 5.95 Å². The summed E-state index contributed by atoms with van der Waals surface area (Å²) in [5.74, 6) is 1.60. The normalized spacial score (nSPS) is 15.8.